The summed E-state index contributed by atoms with van der Waals surface area (Å²) in [5, 5.41) is 27.5. The molecule has 0 aliphatic carbocycles. The fourth-order valence-corrected chi connectivity index (χ4v) is 3.47. The van der Waals surface area contributed by atoms with Gasteiger partial charge in [0.15, 0.2) is 0 Å². The van der Waals surface area contributed by atoms with Crippen molar-refractivity contribution in [2.45, 2.75) is 40.2 Å². The van der Waals surface area contributed by atoms with E-state index in [4.69, 9.17) is 0 Å². The van der Waals surface area contributed by atoms with Gasteiger partial charge in [0.05, 0.1) is 11.5 Å². The second-order valence-electron chi connectivity index (χ2n) is 6.69. The van der Waals surface area contributed by atoms with Crippen molar-refractivity contribution >= 4 is 28.1 Å². The van der Waals surface area contributed by atoms with Crippen LogP contribution in [0, 0.1) is 24.0 Å². The molecule has 9 nitrogen and oxygen atoms in total. The maximum atomic E-state index is 12.4. The molecule has 2 heterocycles. The molecule has 1 amide bonds. The van der Waals surface area contributed by atoms with Crippen LogP contribution in [-0.2, 0) is 6.54 Å². The third-order valence-electron chi connectivity index (χ3n) is 4.23. The molecular formula is C18H20N6O3S. The Labute approximate surface area is 165 Å². The lowest BCUT2D eigenvalue weighted by atomic mass is 10.1. The molecule has 1 N–H and O–H groups in total. The van der Waals surface area contributed by atoms with E-state index in [1.165, 1.54) is 11.3 Å². The summed E-state index contributed by atoms with van der Waals surface area (Å²) in [6.07, 6.45) is 0. The number of anilines is 1. The average molecular weight is 400 g/mol. The average Bonchev–Trinajstić information content (AvgIpc) is 3.20. The number of carbonyl (C=O) groups excluding carboxylic acids is 1. The zero-order chi connectivity index (χ0) is 20.4. The molecular weight excluding hydrogens is 380 g/mol. The molecule has 2 aromatic heterocycles. The molecule has 0 bridgehead atoms. The monoisotopic (exact) mass is 400 g/mol. The van der Waals surface area contributed by atoms with E-state index in [9.17, 15) is 14.9 Å². The van der Waals surface area contributed by atoms with Crippen molar-refractivity contribution in [2.75, 3.05) is 5.32 Å². The minimum absolute atomic E-state index is 0.0359. The Morgan fingerprint density at radius 2 is 1.93 bits per heavy atom. The van der Waals surface area contributed by atoms with Crippen LogP contribution in [0.3, 0.4) is 0 Å². The second kappa shape index (κ2) is 7.85. The molecule has 1 aromatic carbocycles. The predicted octanol–water partition coefficient (Wildman–Crippen LogP) is 3.68. The summed E-state index contributed by atoms with van der Waals surface area (Å²) in [6.45, 7) is 7.71. The first-order chi connectivity index (χ1) is 13.3. The first kappa shape index (κ1) is 19.6. The Bertz CT molecular complexity index is 1020. The van der Waals surface area contributed by atoms with E-state index in [2.05, 4.69) is 20.6 Å². The number of nitrogens with one attached hydrogen (secondary N) is 1. The summed E-state index contributed by atoms with van der Waals surface area (Å²) in [4.78, 5) is 23.1. The topological polar surface area (TPSA) is 116 Å². The number of rotatable bonds is 6. The molecule has 28 heavy (non-hydrogen) atoms. The SMILES string of the molecule is Cc1nn(Cc2ccc(C(=O)Nc3nnc(C(C)C)s3)cc2)c(C)c1[N+](=O)[O-]. The number of nitro groups is 1. The van der Waals surface area contributed by atoms with Gasteiger partial charge in [-0.25, -0.2) is 0 Å². The fourth-order valence-electron chi connectivity index (χ4n) is 2.73. The van der Waals surface area contributed by atoms with E-state index in [1.807, 2.05) is 13.8 Å². The maximum absolute atomic E-state index is 12.4. The number of carbonyl (C=O) groups is 1. The van der Waals surface area contributed by atoms with Gasteiger partial charge in [-0.3, -0.25) is 24.9 Å². The Hall–Kier alpha value is -3.14. The second-order valence-corrected chi connectivity index (χ2v) is 7.69. The number of hydrogen-bond donors (Lipinski definition) is 1. The number of benzene rings is 1. The standard InChI is InChI=1S/C18H20N6O3S/c1-10(2)17-20-21-18(28-17)19-16(25)14-7-5-13(6-8-14)9-23-12(4)15(24(26)27)11(3)22-23/h5-8,10H,9H2,1-4H3,(H,19,21,25). The van der Waals surface area contributed by atoms with Gasteiger partial charge in [0.25, 0.3) is 5.91 Å². The van der Waals surface area contributed by atoms with Crippen LogP contribution in [-0.4, -0.2) is 30.8 Å². The van der Waals surface area contributed by atoms with E-state index in [0.29, 0.717) is 28.6 Å². The minimum atomic E-state index is -0.417. The van der Waals surface area contributed by atoms with Gasteiger partial charge in [0.1, 0.15) is 16.4 Å². The smallest absolute Gasteiger partial charge is 0.296 e. The number of aromatic nitrogens is 4. The van der Waals surface area contributed by atoms with Crippen LogP contribution >= 0.6 is 11.3 Å². The first-order valence-corrected chi connectivity index (χ1v) is 9.50. The zero-order valence-electron chi connectivity index (χ0n) is 16.0. The summed E-state index contributed by atoms with van der Waals surface area (Å²) >= 11 is 1.36. The van der Waals surface area contributed by atoms with Gasteiger partial charge >= 0.3 is 5.69 Å². The van der Waals surface area contributed by atoms with Crippen molar-refractivity contribution < 1.29 is 9.72 Å². The highest BCUT2D eigenvalue weighted by atomic mass is 32.1. The van der Waals surface area contributed by atoms with Gasteiger partial charge in [-0.15, -0.1) is 10.2 Å². The van der Waals surface area contributed by atoms with Crippen LogP contribution in [0.1, 0.15) is 52.1 Å². The first-order valence-electron chi connectivity index (χ1n) is 8.68. The van der Waals surface area contributed by atoms with Gasteiger partial charge in [0.2, 0.25) is 5.13 Å². The van der Waals surface area contributed by atoms with Crippen molar-refractivity contribution in [3.05, 3.63) is 61.9 Å². The molecule has 0 saturated heterocycles. The Balaban J connectivity index is 1.70. The molecule has 0 fully saturated rings. The number of hydrogen-bond acceptors (Lipinski definition) is 7. The fraction of sp³-hybridized carbons (Fsp3) is 0.333. The van der Waals surface area contributed by atoms with Crippen LogP contribution < -0.4 is 5.32 Å². The number of nitrogens with zero attached hydrogens (tertiary/aromatic N) is 5. The van der Waals surface area contributed by atoms with Crippen molar-refractivity contribution in [3.63, 3.8) is 0 Å². The third-order valence-corrected chi connectivity index (χ3v) is 5.37. The van der Waals surface area contributed by atoms with Crippen LogP contribution in [0.4, 0.5) is 10.8 Å². The molecule has 0 spiro atoms. The van der Waals surface area contributed by atoms with Crippen LogP contribution in [0.2, 0.25) is 0 Å². The summed E-state index contributed by atoms with van der Waals surface area (Å²) in [6, 6.07) is 7.01. The van der Waals surface area contributed by atoms with Crippen LogP contribution in [0.5, 0.6) is 0 Å². The molecule has 10 heteroatoms. The van der Waals surface area contributed by atoms with Gasteiger partial charge in [-0.05, 0) is 31.5 Å². The lowest BCUT2D eigenvalue weighted by Crippen LogP contribution is -2.12. The quantitative estimate of drug-likeness (QED) is 0.498. The summed E-state index contributed by atoms with van der Waals surface area (Å²) < 4.78 is 1.59. The Morgan fingerprint density at radius 3 is 2.46 bits per heavy atom. The molecule has 0 saturated carbocycles. The zero-order valence-corrected chi connectivity index (χ0v) is 16.8. The van der Waals surface area contributed by atoms with Gasteiger partial charge in [0, 0.05) is 11.5 Å². The van der Waals surface area contributed by atoms with E-state index >= 15 is 0 Å². The highest BCUT2D eigenvalue weighted by Crippen LogP contribution is 2.24. The normalized spacial score (nSPS) is 11.0. The van der Waals surface area contributed by atoms with E-state index in [1.54, 1.807) is 42.8 Å². The molecule has 3 aromatic rings. The Kier molecular flexibility index (Phi) is 5.50. The van der Waals surface area contributed by atoms with Crippen molar-refractivity contribution in [3.8, 4) is 0 Å². The number of aryl methyl sites for hydroxylation is 1. The van der Waals surface area contributed by atoms with Crippen molar-refractivity contribution in [2.24, 2.45) is 0 Å². The van der Waals surface area contributed by atoms with Gasteiger partial charge in [-0.2, -0.15) is 5.10 Å². The molecule has 0 unspecified atom stereocenters. The van der Waals surface area contributed by atoms with Gasteiger partial charge in [-0.1, -0.05) is 37.3 Å². The maximum Gasteiger partial charge on any atom is 0.312 e. The van der Waals surface area contributed by atoms with Gasteiger partial charge < -0.3 is 0 Å². The Morgan fingerprint density at radius 1 is 1.25 bits per heavy atom. The minimum Gasteiger partial charge on any atom is -0.296 e. The molecule has 0 aliphatic rings. The largest absolute Gasteiger partial charge is 0.312 e. The summed E-state index contributed by atoms with van der Waals surface area (Å²) in [5.74, 6) is -0.00703. The molecule has 3 rings (SSSR count). The molecule has 0 aliphatic heterocycles. The highest BCUT2D eigenvalue weighted by molar-refractivity contribution is 7.15. The van der Waals surface area contributed by atoms with E-state index < -0.39 is 4.92 Å². The summed E-state index contributed by atoms with van der Waals surface area (Å²) in [5.41, 5.74) is 2.30. The molecule has 0 radical (unpaired) electrons. The summed E-state index contributed by atoms with van der Waals surface area (Å²) in [7, 11) is 0. The number of amides is 1. The lowest BCUT2D eigenvalue weighted by molar-refractivity contribution is -0.386. The van der Waals surface area contributed by atoms with E-state index in [-0.39, 0.29) is 17.5 Å². The molecule has 0 atom stereocenters. The van der Waals surface area contributed by atoms with Crippen molar-refractivity contribution in [1.29, 1.82) is 0 Å². The van der Waals surface area contributed by atoms with Crippen LogP contribution in [0.25, 0.3) is 0 Å². The van der Waals surface area contributed by atoms with Crippen molar-refractivity contribution in [1.82, 2.24) is 20.0 Å². The van der Waals surface area contributed by atoms with Crippen LogP contribution in [0.15, 0.2) is 24.3 Å². The predicted molar refractivity (Wildman–Crippen MR) is 106 cm³/mol. The lowest BCUT2D eigenvalue weighted by Gasteiger charge is -2.06. The van der Waals surface area contributed by atoms with E-state index in [0.717, 1.165) is 10.6 Å². The third kappa shape index (κ3) is 4.06. The highest BCUT2D eigenvalue weighted by Gasteiger charge is 2.21. The molecule has 146 valence electrons.